The van der Waals surface area contributed by atoms with Crippen molar-refractivity contribution in [2.24, 2.45) is 0 Å². The van der Waals surface area contributed by atoms with Gasteiger partial charge in [-0.05, 0) is 27.6 Å². The Morgan fingerprint density at radius 3 is 2.73 bits per heavy atom. The van der Waals surface area contributed by atoms with Crippen molar-refractivity contribution in [3.63, 3.8) is 0 Å². The Hall–Kier alpha value is -0.540. The number of fused-ring (bicyclic) bond motifs is 1. The fourth-order valence-corrected chi connectivity index (χ4v) is 2.92. The van der Waals surface area contributed by atoms with Gasteiger partial charge in [0.2, 0.25) is 0 Å². The van der Waals surface area contributed by atoms with Crippen molar-refractivity contribution in [1.29, 1.82) is 0 Å². The first-order valence-corrected chi connectivity index (χ1v) is 6.13. The summed E-state index contributed by atoms with van der Waals surface area (Å²) in [4.78, 5) is 0. The Morgan fingerprint density at radius 1 is 1.20 bits per heavy atom. The van der Waals surface area contributed by atoms with Gasteiger partial charge in [-0.2, -0.15) is 0 Å². The highest BCUT2D eigenvalue weighted by Gasteiger charge is 2.41. The Labute approximate surface area is 97.7 Å². The van der Waals surface area contributed by atoms with Crippen LogP contribution in [0.3, 0.4) is 0 Å². The third kappa shape index (κ3) is 1.58. The Balaban J connectivity index is 1.94. The molecule has 80 valence electrons. The molecule has 1 aromatic rings. The molecule has 3 rings (SSSR count). The van der Waals surface area contributed by atoms with Gasteiger partial charge in [-0.15, -0.1) is 0 Å². The van der Waals surface area contributed by atoms with Crippen LogP contribution >= 0.6 is 15.9 Å². The number of hydrogen-bond donors (Lipinski definition) is 0. The summed E-state index contributed by atoms with van der Waals surface area (Å²) in [5.74, 6) is 1.04. The van der Waals surface area contributed by atoms with Crippen LogP contribution < -0.4 is 4.74 Å². The molecule has 0 amide bonds. The molecular formula is C12H13BrO2. The van der Waals surface area contributed by atoms with Crippen molar-refractivity contribution < 1.29 is 9.47 Å². The molecule has 3 heteroatoms. The topological polar surface area (TPSA) is 18.5 Å². The van der Waals surface area contributed by atoms with Gasteiger partial charge < -0.3 is 9.47 Å². The minimum absolute atomic E-state index is 0.0183. The van der Waals surface area contributed by atoms with Gasteiger partial charge in [0.05, 0.1) is 17.7 Å². The average molecular weight is 269 g/mol. The smallest absolute Gasteiger partial charge is 0.137 e. The van der Waals surface area contributed by atoms with Gasteiger partial charge in [-0.25, -0.2) is 0 Å². The lowest BCUT2D eigenvalue weighted by Crippen LogP contribution is -2.40. The first-order chi connectivity index (χ1) is 7.29. The van der Waals surface area contributed by atoms with Gasteiger partial charge in [-0.3, -0.25) is 0 Å². The highest BCUT2D eigenvalue weighted by molar-refractivity contribution is 9.10. The predicted molar refractivity (Wildman–Crippen MR) is 61.3 cm³/mol. The maximum absolute atomic E-state index is 6.14. The number of benzene rings is 1. The lowest BCUT2D eigenvalue weighted by molar-refractivity contribution is -0.0333. The molecule has 2 aliphatic heterocycles. The minimum atomic E-state index is 0.0183. The maximum Gasteiger partial charge on any atom is 0.137 e. The van der Waals surface area contributed by atoms with Crippen molar-refractivity contribution in [1.82, 2.24) is 0 Å². The molecule has 1 saturated heterocycles. The molecule has 0 aliphatic carbocycles. The van der Waals surface area contributed by atoms with Crippen LogP contribution in [0.25, 0.3) is 0 Å². The molecule has 0 aromatic heterocycles. The summed E-state index contributed by atoms with van der Waals surface area (Å²) in [5, 5.41) is 0. The second-order valence-electron chi connectivity index (χ2n) is 4.30. The molecule has 1 spiro atoms. The third-order valence-corrected chi connectivity index (χ3v) is 3.91. The van der Waals surface area contributed by atoms with E-state index in [9.17, 15) is 0 Å². The lowest BCUT2D eigenvalue weighted by Gasteiger charge is -2.32. The molecule has 2 aliphatic rings. The summed E-state index contributed by atoms with van der Waals surface area (Å²) in [6, 6.07) is 6.27. The number of para-hydroxylation sites is 1. The molecule has 0 saturated carbocycles. The summed E-state index contributed by atoms with van der Waals surface area (Å²) in [6.07, 6.45) is 3.05. The molecule has 1 fully saturated rings. The Kier molecular flexibility index (Phi) is 2.25. The van der Waals surface area contributed by atoms with E-state index < -0.39 is 0 Å². The van der Waals surface area contributed by atoms with E-state index in [1.165, 1.54) is 5.56 Å². The summed E-state index contributed by atoms with van der Waals surface area (Å²) in [7, 11) is 0. The highest BCUT2D eigenvalue weighted by Crippen LogP contribution is 2.44. The molecule has 0 atom stereocenters. The van der Waals surface area contributed by atoms with Gasteiger partial charge in [0.15, 0.2) is 0 Å². The van der Waals surface area contributed by atoms with E-state index in [4.69, 9.17) is 9.47 Å². The third-order valence-electron chi connectivity index (χ3n) is 3.28. The summed E-state index contributed by atoms with van der Waals surface area (Å²) >= 11 is 3.54. The molecule has 2 nitrogen and oxygen atoms in total. The number of rotatable bonds is 0. The van der Waals surface area contributed by atoms with Crippen LogP contribution in [-0.2, 0) is 11.2 Å². The molecule has 0 unspecified atom stereocenters. The van der Waals surface area contributed by atoms with Gasteiger partial charge in [-0.1, -0.05) is 12.1 Å². The zero-order valence-corrected chi connectivity index (χ0v) is 10.0. The SMILES string of the molecule is Brc1cccc2c1OC1(CCOCC1)C2. The zero-order valence-electron chi connectivity index (χ0n) is 8.46. The van der Waals surface area contributed by atoms with Gasteiger partial charge in [0.1, 0.15) is 11.4 Å². The van der Waals surface area contributed by atoms with E-state index in [1.807, 2.05) is 6.07 Å². The molecule has 0 N–H and O–H groups in total. The van der Waals surface area contributed by atoms with Crippen LogP contribution in [-0.4, -0.2) is 18.8 Å². The van der Waals surface area contributed by atoms with Crippen molar-refractivity contribution in [2.75, 3.05) is 13.2 Å². The fourth-order valence-electron chi connectivity index (χ4n) is 2.43. The largest absolute Gasteiger partial charge is 0.485 e. The average Bonchev–Trinajstić information content (AvgIpc) is 2.59. The second-order valence-corrected chi connectivity index (χ2v) is 5.16. The van der Waals surface area contributed by atoms with E-state index in [1.54, 1.807) is 0 Å². The monoisotopic (exact) mass is 268 g/mol. The van der Waals surface area contributed by atoms with Crippen molar-refractivity contribution in [3.05, 3.63) is 28.2 Å². The molecule has 0 bridgehead atoms. The van der Waals surface area contributed by atoms with Crippen LogP contribution in [0.1, 0.15) is 18.4 Å². The molecule has 2 heterocycles. The highest BCUT2D eigenvalue weighted by atomic mass is 79.9. The Bertz CT molecular complexity index is 383. The van der Waals surface area contributed by atoms with Crippen LogP contribution in [0.4, 0.5) is 0 Å². The predicted octanol–water partition coefficient (Wildman–Crippen LogP) is 2.93. The number of hydrogen-bond acceptors (Lipinski definition) is 2. The van der Waals surface area contributed by atoms with E-state index >= 15 is 0 Å². The fraction of sp³-hybridized carbons (Fsp3) is 0.500. The standard InChI is InChI=1S/C12H13BrO2/c13-10-3-1-2-9-8-12(15-11(9)10)4-6-14-7-5-12/h1-3H,4-8H2. The first-order valence-electron chi connectivity index (χ1n) is 5.33. The van der Waals surface area contributed by atoms with Gasteiger partial charge in [0.25, 0.3) is 0 Å². The number of ether oxygens (including phenoxy) is 2. The molecular weight excluding hydrogens is 256 g/mol. The van der Waals surface area contributed by atoms with Crippen LogP contribution in [0.15, 0.2) is 22.7 Å². The van der Waals surface area contributed by atoms with Gasteiger partial charge >= 0.3 is 0 Å². The van der Waals surface area contributed by atoms with E-state index in [-0.39, 0.29) is 5.60 Å². The van der Waals surface area contributed by atoms with Crippen LogP contribution in [0.5, 0.6) is 5.75 Å². The van der Waals surface area contributed by atoms with E-state index in [0.29, 0.717) is 0 Å². The number of halogens is 1. The maximum atomic E-state index is 6.14. The van der Waals surface area contributed by atoms with Crippen molar-refractivity contribution in [3.8, 4) is 5.75 Å². The molecule has 1 aromatic carbocycles. The quantitative estimate of drug-likeness (QED) is 0.721. The first kappa shape index (κ1) is 9.67. The van der Waals surface area contributed by atoms with E-state index in [2.05, 4.69) is 28.1 Å². The minimum Gasteiger partial charge on any atom is -0.485 e. The van der Waals surface area contributed by atoms with Crippen molar-refractivity contribution in [2.45, 2.75) is 24.9 Å². The van der Waals surface area contributed by atoms with Crippen molar-refractivity contribution >= 4 is 15.9 Å². The molecule has 0 radical (unpaired) electrons. The lowest BCUT2D eigenvalue weighted by atomic mass is 9.89. The second kappa shape index (κ2) is 3.49. The van der Waals surface area contributed by atoms with Crippen LogP contribution in [0, 0.1) is 0 Å². The normalized spacial score (nSPS) is 22.5. The van der Waals surface area contributed by atoms with Crippen LogP contribution in [0.2, 0.25) is 0 Å². The Morgan fingerprint density at radius 2 is 2.00 bits per heavy atom. The van der Waals surface area contributed by atoms with E-state index in [0.717, 1.165) is 42.7 Å². The summed E-state index contributed by atoms with van der Waals surface area (Å²) in [6.45, 7) is 1.65. The summed E-state index contributed by atoms with van der Waals surface area (Å²) < 4.78 is 12.6. The zero-order chi connectivity index (χ0) is 10.3. The summed E-state index contributed by atoms with van der Waals surface area (Å²) in [5.41, 5.74) is 1.34. The van der Waals surface area contributed by atoms with Gasteiger partial charge in [0, 0.05) is 19.3 Å². The molecule has 15 heavy (non-hydrogen) atoms.